The zero-order chi connectivity index (χ0) is 23.9. The highest BCUT2D eigenvalue weighted by atomic mass is 35.5. The normalized spacial score (nSPS) is 10.9. The maximum Gasteiger partial charge on any atom is 0.310 e. The molecule has 4 rings (SSSR count). The van der Waals surface area contributed by atoms with E-state index in [2.05, 4.69) is 12.1 Å². The van der Waals surface area contributed by atoms with Crippen LogP contribution >= 0.6 is 11.6 Å². The van der Waals surface area contributed by atoms with E-state index in [9.17, 15) is 4.79 Å². The van der Waals surface area contributed by atoms with Crippen LogP contribution in [0.3, 0.4) is 0 Å². The molecule has 7 heteroatoms. The van der Waals surface area contributed by atoms with E-state index in [1.807, 2.05) is 42.5 Å². The monoisotopic (exact) mass is 479 g/mol. The van der Waals surface area contributed by atoms with Crippen LogP contribution < -0.4 is 14.2 Å². The van der Waals surface area contributed by atoms with Gasteiger partial charge in [-0.25, -0.2) is 0 Å². The van der Waals surface area contributed by atoms with Gasteiger partial charge in [0.25, 0.3) is 0 Å². The third-order valence-electron chi connectivity index (χ3n) is 5.30. The fourth-order valence-corrected chi connectivity index (χ4v) is 3.80. The van der Waals surface area contributed by atoms with E-state index >= 15 is 0 Å². The summed E-state index contributed by atoms with van der Waals surface area (Å²) in [6, 6.07) is 18.9. The molecule has 176 valence electrons. The van der Waals surface area contributed by atoms with Crippen LogP contribution in [0.2, 0.25) is 5.02 Å². The smallest absolute Gasteiger partial charge is 0.310 e. The first kappa shape index (κ1) is 23.6. The Hall–Kier alpha value is -3.51. The SMILES string of the molecule is CCC(=O)Oc1ccc(OCCCOc2ccc3c(CC)noc3c2-c2ccccc2)c(Cl)c1. The first-order valence-electron chi connectivity index (χ1n) is 11.3. The van der Waals surface area contributed by atoms with Crippen LogP contribution in [0.15, 0.2) is 65.2 Å². The molecule has 0 radical (unpaired) electrons. The number of carbonyl (C=O) groups is 1. The maximum absolute atomic E-state index is 11.4. The van der Waals surface area contributed by atoms with Crippen molar-refractivity contribution < 1.29 is 23.5 Å². The van der Waals surface area contributed by atoms with E-state index in [0.717, 1.165) is 40.0 Å². The van der Waals surface area contributed by atoms with Crippen LogP contribution in [0.25, 0.3) is 22.1 Å². The van der Waals surface area contributed by atoms with Gasteiger partial charge in [-0.15, -0.1) is 0 Å². The molecule has 0 bridgehead atoms. The van der Waals surface area contributed by atoms with Gasteiger partial charge in [0.1, 0.15) is 17.2 Å². The number of fused-ring (bicyclic) bond motifs is 1. The predicted molar refractivity (Wildman–Crippen MR) is 132 cm³/mol. The molecular formula is C27H26ClNO5. The van der Waals surface area contributed by atoms with Crippen molar-refractivity contribution in [3.8, 4) is 28.4 Å². The molecule has 1 heterocycles. The van der Waals surface area contributed by atoms with Crippen LogP contribution in [0.1, 0.15) is 32.4 Å². The van der Waals surface area contributed by atoms with Crippen LogP contribution in [-0.2, 0) is 11.2 Å². The predicted octanol–water partition coefficient (Wildman–Crippen LogP) is 6.87. The first-order chi connectivity index (χ1) is 16.6. The van der Waals surface area contributed by atoms with Crippen molar-refractivity contribution in [3.63, 3.8) is 0 Å². The lowest BCUT2D eigenvalue weighted by Gasteiger charge is -2.13. The Labute approximate surface area is 203 Å². The van der Waals surface area contributed by atoms with Crippen molar-refractivity contribution in [2.75, 3.05) is 13.2 Å². The largest absolute Gasteiger partial charge is 0.493 e. The number of esters is 1. The van der Waals surface area contributed by atoms with Crippen molar-refractivity contribution in [3.05, 3.63) is 71.4 Å². The molecule has 0 aliphatic rings. The first-order valence-corrected chi connectivity index (χ1v) is 11.7. The van der Waals surface area contributed by atoms with Gasteiger partial charge in [-0.05, 0) is 36.2 Å². The maximum atomic E-state index is 11.4. The number of nitrogens with zero attached hydrogens (tertiary/aromatic N) is 1. The summed E-state index contributed by atoms with van der Waals surface area (Å²) in [7, 11) is 0. The number of rotatable bonds is 10. The lowest BCUT2D eigenvalue weighted by Crippen LogP contribution is -2.07. The van der Waals surface area contributed by atoms with Crippen molar-refractivity contribution >= 4 is 28.5 Å². The van der Waals surface area contributed by atoms with Crippen LogP contribution in [0.5, 0.6) is 17.2 Å². The second-order valence-electron chi connectivity index (χ2n) is 7.63. The molecule has 0 spiro atoms. The molecule has 0 N–H and O–H groups in total. The summed E-state index contributed by atoms with van der Waals surface area (Å²) in [5.74, 6) is 1.34. The standard InChI is InChI=1S/C27H26ClNO5/c1-3-22-20-12-14-24(26(27(20)34-29-22)18-9-6-5-7-10-18)32-16-8-15-31-23-13-11-19(17-21(23)28)33-25(30)4-2/h5-7,9-14,17H,3-4,8,15-16H2,1-2H3. The number of hydrogen-bond acceptors (Lipinski definition) is 6. The van der Waals surface area contributed by atoms with E-state index in [-0.39, 0.29) is 5.97 Å². The highest BCUT2D eigenvalue weighted by Crippen LogP contribution is 2.38. The van der Waals surface area contributed by atoms with Crippen LogP contribution in [0.4, 0.5) is 0 Å². The number of aryl methyl sites for hydroxylation is 1. The third-order valence-corrected chi connectivity index (χ3v) is 5.60. The van der Waals surface area contributed by atoms with Crippen LogP contribution in [-0.4, -0.2) is 24.3 Å². The van der Waals surface area contributed by atoms with Crippen molar-refractivity contribution in [1.82, 2.24) is 5.16 Å². The molecule has 0 atom stereocenters. The van der Waals surface area contributed by atoms with E-state index in [1.54, 1.807) is 25.1 Å². The number of ether oxygens (including phenoxy) is 3. The van der Waals surface area contributed by atoms with Gasteiger partial charge in [-0.1, -0.05) is 60.9 Å². The van der Waals surface area contributed by atoms with Gasteiger partial charge in [0.15, 0.2) is 5.58 Å². The third kappa shape index (κ3) is 5.34. The molecule has 3 aromatic carbocycles. The van der Waals surface area contributed by atoms with Gasteiger partial charge >= 0.3 is 5.97 Å². The summed E-state index contributed by atoms with van der Waals surface area (Å²) < 4.78 is 22.8. The minimum absolute atomic E-state index is 0.297. The van der Waals surface area contributed by atoms with Gasteiger partial charge in [0, 0.05) is 24.3 Å². The average Bonchev–Trinajstić information content (AvgIpc) is 3.28. The highest BCUT2D eigenvalue weighted by molar-refractivity contribution is 6.32. The molecule has 6 nitrogen and oxygen atoms in total. The van der Waals surface area contributed by atoms with Crippen molar-refractivity contribution in [1.29, 1.82) is 0 Å². The summed E-state index contributed by atoms with van der Waals surface area (Å²) in [6.45, 7) is 4.66. The van der Waals surface area contributed by atoms with Gasteiger partial charge in [-0.2, -0.15) is 0 Å². The summed E-state index contributed by atoms with van der Waals surface area (Å²) in [4.78, 5) is 11.4. The van der Waals surface area contributed by atoms with E-state index in [4.69, 9.17) is 30.3 Å². The lowest BCUT2D eigenvalue weighted by atomic mass is 10.0. The molecule has 34 heavy (non-hydrogen) atoms. The Bertz CT molecular complexity index is 1270. The molecule has 1 aromatic heterocycles. The second-order valence-corrected chi connectivity index (χ2v) is 8.04. The Kier molecular flexibility index (Phi) is 7.70. The molecule has 0 amide bonds. The van der Waals surface area contributed by atoms with E-state index < -0.39 is 0 Å². The van der Waals surface area contributed by atoms with Crippen LogP contribution in [0, 0.1) is 0 Å². The summed E-state index contributed by atoms with van der Waals surface area (Å²) >= 11 is 6.26. The number of aromatic nitrogens is 1. The minimum Gasteiger partial charge on any atom is -0.493 e. The molecule has 0 saturated carbocycles. The Balaban J connectivity index is 1.40. The average molecular weight is 480 g/mol. The number of halogens is 1. The number of carbonyl (C=O) groups excluding carboxylic acids is 1. The zero-order valence-electron chi connectivity index (χ0n) is 19.2. The Morgan fingerprint density at radius 3 is 2.41 bits per heavy atom. The Morgan fingerprint density at radius 1 is 0.971 bits per heavy atom. The van der Waals surface area contributed by atoms with Gasteiger partial charge < -0.3 is 18.7 Å². The summed E-state index contributed by atoms with van der Waals surface area (Å²) in [5.41, 5.74) is 3.56. The highest BCUT2D eigenvalue weighted by Gasteiger charge is 2.17. The molecule has 4 aromatic rings. The quantitative estimate of drug-likeness (QED) is 0.140. The molecule has 0 aliphatic heterocycles. The minimum atomic E-state index is -0.314. The Morgan fingerprint density at radius 2 is 1.71 bits per heavy atom. The molecule has 0 aliphatic carbocycles. The van der Waals surface area contributed by atoms with Gasteiger partial charge in [0.2, 0.25) is 0 Å². The van der Waals surface area contributed by atoms with E-state index in [0.29, 0.717) is 42.6 Å². The van der Waals surface area contributed by atoms with Crippen molar-refractivity contribution in [2.45, 2.75) is 33.1 Å². The summed E-state index contributed by atoms with van der Waals surface area (Å²) in [5, 5.41) is 5.61. The zero-order valence-corrected chi connectivity index (χ0v) is 19.9. The van der Waals surface area contributed by atoms with Gasteiger partial charge in [0.05, 0.1) is 29.5 Å². The molecule has 0 fully saturated rings. The summed E-state index contributed by atoms with van der Waals surface area (Å²) in [6.07, 6.45) is 1.74. The molecule has 0 saturated heterocycles. The van der Waals surface area contributed by atoms with Gasteiger partial charge in [-0.3, -0.25) is 4.79 Å². The number of benzene rings is 3. The lowest BCUT2D eigenvalue weighted by molar-refractivity contribution is -0.134. The fraction of sp³-hybridized carbons (Fsp3) is 0.259. The van der Waals surface area contributed by atoms with E-state index in [1.165, 1.54) is 0 Å². The van der Waals surface area contributed by atoms with Crippen molar-refractivity contribution in [2.24, 2.45) is 0 Å². The topological polar surface area (TPSA) is 70.8 Å². The molecular weight excluding hydrogens is 454 g/mol. The second kappa shape index (κ2) is 11.1. The molecule has 0 unspecified atom stereocenters. The number of hydrogen-bond donors (Lipinski definition) is 0. The fourth-order valence-electron chi connectivity index (χ4n) is 3.58.